The van der Waals surface area contributed by atoms with Gasteiger partial charge in [-0.05, 0) is 86.3 Å². The Hall–Kier alpha value is -5.91. The molecule has 3 aromatic carbocycles. The second-order valence-corrected chi connectivity index (χ2v) is 17.2. The van der Waals surface area contributed by atoms with E-state index in [2.05, 4.69) is 42.3 Å². The number of ether oxygens (including phenoxy) is 1. The molecule has 2 fully saturated rings. The van der Waals surface area contributed by atoms with Crippen LogP contribution in [0, 0.1) is 0 Å². The van der Waals surface area contributed by atoms with Gasteiger partial charge in [0.2, 0.25) is 27.8 Å². The summed E-state index contributed by atoms with van der Waals surface area (Å²) < 4.78 is 33.0. The minimum absolute atomic E-state index is 0.0690. The van der Waals surface area contributed by atoms with Crippen molar-refractivity contribution in [1.29, 1.82) is 0 Å². The van der Waals surface area contributed by atoms with Crippen molar-refractivity contribution >= 4 is 78.2 Å². The SMILES string of the molecule is CS(=O)(=O)Nc1cccc(-c2csc3cnc(Nc4ccc(N5CCN(CCCCCOc6cccc7c6C(=O)N(C6CCC(=O)NC6=O)C7=O)CC5)cc4)nc23)c1. The molecule has 0 bridgehead atoms. The van der Waals surface area contributed by atoms with Crippen LogP contribution in [0.5, 0.6) is 5.75 Å². The smallest absolute Gasteiger partial charge is 0.266 e. The minimum atomic E-state index is -3.40. The number of hydrogen-bond acceptors (Lipinski definition) is 13. The third-order valence-electron chi connectivity index (χ3n) is 10.5. The fourth-order valence-corrected chi connectivity index (χ4v) is 9.00. The number of fused-ring (bicyclic) bond motifs is 2. The Kier molecular flexibility index (Phi) is 11.1. The number of carbonyl (C=O) groups is 4. The summed E-state index contributed by atoms with van der Waals surface area (Å²) in [5, 5.41) is 7.55. The Balaban J connectivity index is 0.776. The molecule has 8 rings (SSSR count). The molecule has 3 aliphatic rings. The lowest BCUT2D eigenvalue weighted by molar-refractivity contribution is -0.136. The van der Waals surface area contributed by atoms with Crippen molar-refractivity contribution in [2.75, 3.05) is 60.5 Å². The van der Waals surface area contributed by atoms with E-state index in [-0.39, 0.29) is 24.0 Å². The number of piperazine rings is 1. The van der Waals surface area contributed by atoms with Crippen LogP contribution in [0.1, 0.15) is 52.8 Å². The van der Waals surface area contributed by atoms with Gasteiger partial charge in [0.05, 0.1) is 40.4 Å². The molecule has 15 nitrogen and oxygen atoms in total. The van der Waals surface area contributed by atoms with E-state index in [1.54, 1.807) is 36.5 Å². The van der Waals surface area contributed by atoms with E-state index in [0.29, 0.717) is 24.0 Å². The van der Waals surface area contributed by atoms with Crippen LogP contribution in [0.3, 0.4) is 0 Å². The van der Waals surface area contributed by atoms with E-state index in [9.17, 15) is 27.6 Å². The molecule has 1 unspecified atom stereocenters. The number of imide groups is 2. The van der Waals surface area contributed by atoms with Gasteiger partial charge < -0.3 is 15.0 Å². The number of anilines is 4. The Morgan fingerprint density at radius 2 is 1.69 bits per heavy atom. The molecule has 5 heterocycles. The molecule has 0 spiro atoms. The van der Waals surface area contributed by atoms with Gasteiger partial charge in [0.15, 0.2) is 0 Å². The van der Waals surface area contributed by atoms with Gasteiger partial charge in [0, 0.05) is 60.6 Å². The molecule has 0 radical (unpaired) electrons. The number of sulfonamides is 1. The quantitative estimate of drug-likeness (QED) is 0.0980. The molecule has 2 saturated heterocycles. The average molecular weight is 823 g/mol. The highest BCUT2D eigenvalue weighted by Crippen LogP contribution is 2.36. The maximum Gasteiger partial charge on any atom is 0.266 e. The monoisotopic (exact) mass is 822 g/mol. The van der Waals surface area contributed by atoms with Crippen molar-refractivity contribution in [1.82, 2.24) is 25.1 Å². The van der Waals surface area contributed by atoms with Gasteiger partial charge in [-0.15, -0.1) is 11.3 Å². The lowest BCUT2D eigenvalue weighted by Gasteiger charge is -2.36. The highest BCUT2D eigenvalue weighted by atomic mass is 32.2. The summed E-state index contributed by atoms with van der Waals surface area (Å²) in [6.07, 6.45) is 5.83. The number of hydrogen-bond donors (Lipinski definition) is 3. The zero-order valence-corrected chi connectivity index (χ0v) is 33.4. The van der Waals surface area contributed by atoms with E-state index in [0.717, 1.165) is 95.9 Å². The lowest BCUT2D eigenvalue weighted by Crippen LogP contribution is -2.54. The molecule has 3 aliphatic heterocycles. The van der Waals surface area contributed by atoms with Crippen molar-refractivity contribution in [3.63, 3.8) is 0 Å². The molecule has 17 heteroatoms. The van der Waals surface area contributed by atoms with Crippen molar-refractivity contribution in [3.05, 3.63) is 89.4 Å². The number of thiophene rings is 1. The zero-order valence-electron chi connectivity index (χ0n) is 31.8. The predicted octanol–water partition coefficient (Wildman–Crippen LogP) is 5.25. The first-order chi connectivity index (χ1) is 28.0. The standard InChI is InChI=1S/C41H42N8O7S2/c1-58(54,55)46-28-8-5-7-26(23-28)31-25-57-34-24-42-41(45-37(31)34)43-27-11-13-29(14-12-27)48-20-18-47(19-21-48)17-3-2-4-22-56-33-10-6-9-30-36(33)40(53)49(39(30)52)32-15-16-35(50)44-38(32)51/h5-14,23-25,32,46H,2-4,15-22H2,1H3,(H,42,43,45)(H,44,50,51). The molecular formula is C41H42N8O7S2. The second kappa shape index (κ2) is 16.5. The number of aromatic nitrogens is 2. The van der Waals surface area contributed by atoms with Crippen molar-refractivity contribution in [2.24, 2.45) is 0 Å². The topological polar surface area (TPSA) is 183 Å². The normalized spacial score (nSPS) is 17.4. The first-order valence-corrected chi connectivity index (χ1v) is 21.9. The fourth-order valence-electron chi connectivity index (χ4n) is 7.57. The van der Waals surface area contributed by atoms with Crippen molar-refractivity contribution in [3.8, 4) is 16.9 Å². The molecule has 5 aromatic rings. The summed E-state index contributed by atoms with van der Waals surface area (Å²) in [5.41, 5.74) is 5.44. The number of amides is 4. The van der Waals surface area contributed by atoms with Crippen LogP contribution in [0.4, 0.5) is 23.0 Å². The fraction of sp³-hybridized carbons (Fsp3) is 0.317. The Morgan fingerprint density at radius 3 is 2.47 bits per heavy atom. The molecule has 1 atom stereocenters. The summed E-state index contributed by atoms with van der Waals surface area (Å²) in [6.45, 7) is 5.11. The predicted molar refractivity (Wildman–Crippen MR) is 222 cm³/mol. The van der Waals surface area contributed by atoms with E-state index < -0.39 is 39.7 Å². The van der Waals surface area contributed by atoms with Crippen molar-refractivity contribution < 1.29 is 32.3 Å². The van der Waals surface area contributed by atoms with E-state index in [1.807, 2.05) is 29.6 Å². The second-order valence-electron chi connectivity index (χ2n) is 14.5. The van der Waals surface area contributed by atoms with Crippen molar-refractivity contribution in [2.45, 2.75) is 38.1 Å². The maximum absolute atomic E-state index is 13.3. The first kappa shape index (κ1) is 38.9. The molecule has 58 heavy (non-hydrogen) atoms. The first-order valence-electron chi connectivity index (χ1n) is 19.1. The molecule has 0 saturated carbocycles. The van der Waals surface area contributed by atoms with Crippen LogP contribution in [0.15, 0.2) is 78.3 Å². The number of carbonyl (C=O) groups excluding carboxylic acids is 4. The number of nitrogens with one attached hydrogen (secondary N) is 3. The van der Waals surface area contributed by atoms with Gasteiger partial charge in [0.1, 0.15) is 11.8 Å². The van der Waals surface area contributed by atoms with Crippen LogP contribution in [0.2, 0.25) is 0 Å². The molecular weight excluding hydrogens is 781 g/mol. The minimum Gasteiger partial charge on any atom is -0.493 e. The van der Waals surface area contributed by atoms with Gasteiger partial charge in [0.25, 0.3) is 11.8 Å². The van der Waals surface area contributed by atoms with Crippen LogP contribution in [-0.2, 0) is 19.6 Å². The summed E-state index contributed by atoms with van der Waals surface area (Å²) in [7, 11) is -3.40. The number of benzene rings is 3. The third-order valence-corrected chi connectivity index (χ3v) is 12.0. The Bertz CT molecular complexity index is 2500. The summed E-state index contributed by atoms with van der Waals surface area (Å²) in [6, 6.07) is 19.4. The Labute approximate surface area is 339 Å². The maximum atomic E-state index is 13.3. The van der Waals surface area contributed by atoms with Gasteiger partial charge in [-0.3, -0.25) is 39.0 Å². The summed E-state index contributed by atoms with van der Waals surface area (Å²) in [4.78, 5) is 65.5. The summed E-state index contributed by atoms with van der Waals surface area (Å²) >= 11 is 1.53. The number of unbranched alkanes of at least 4 members (excludes halogenated alkanes) is 2. The Morgan fingerprint density at radius 1 is 0.897 bits per heavy atom. The van der Waals surface area contributed by atoms with Gasteiger partial charge >= 0.3 is 0 Å². The third kappa shape index (κ3) is 8.51. The van der Waals surface area contributed by atoms with E-state index in [1.165, 1.54) is 11.3 Å². The van der Waals surface area contributed by atoms with E-state index in [4.69, 9.17) is 9.72 Å². The lowest BCUT2D eigenvalue weighted by atomic mass is 10.0. The highest BCUT2D eigenvalue weighted by Gasteiger charge is 2.46. The zero-order chi connectivity index (χ0) is 40.4. The highest BCUT2D eigenvalue weighted by molar-refractivity contribution is 7.92. The number of rotatable bonds is 14. The summed E-state index contributed by atoms with van der Waals surface area (Å²) in [5.74, 6) is -1.36. The average Bonchev–Trinajstić information content (AvgIpc) is 3.74. The van der Waals surface area contributed by atoms with Crippen LogP contribution in [0.25, 0.3) is 21.3 Å². The molecule has 2 aromatic heterocycles. The van der Waals surface area contributed by atoms with Crippen LogP contribution in [-0.4, -0.2) is 103 Å². The van der Waals surface area contributed by atoms with Gasteiger partial charge in [-0.2, -0.15) is 0 Å². The molecule has 0 aliphatic carbocycles. The number of nitrogens with zero attached hydrogens (tertiary/aromatic N) is 5. The molecule has 4 amide bonds. The van der Waals surface area contributed by atoms with E-state index >= 15 is 0 Å². The van der Waals surface area contributed by atoms with Gasteiger partial charge in [-0.25, -0.2) is 18.4 Å². The van der Waals surface area contributed by atoms with Crippen LogP contribution >= 0.6 is 11.3 Å². The molecule has 3 N–H and O–H groups in total. The van der Waals surface area contributed by atoms with Crippen LogP contribution < -0.4 is 25.0 Å². The number of piperidine rings is 1. The largest absolute Gasteiger partial charge is 0.493 e. The molecule has 300 valence electrons. The van der Waals surface area contributed by atoms with Gasteiger partial charge in [-0.1, -0.05) is 18.2 Å².